The smallest absolute Gasteiger partial charge is 0.407 e. The van der Waals surface area contributed by atoms with E-state index in [9.17, 15) is 4.79 Å². The molecule has 1 aromatic carbocycles. The maximum Gasteiger partial charge on any atom is 0.407 e. The van der Waals surface area contributed by atoms with E-state index >= 15 is 0 Å². The fourth-order valence-corrected chi connectivity index (χ4v) is 2.82. The zero-order valence-corrected chi connectivity index (χ0v) is 16.8. The molecule has 1 amide bonds. The summed E-state index contributed by atoms with van der Waals surface area (Å²) in [6.07, 6.45) is 0.815. The van der Waals surface area contributed by atoms with Crippen molar-refractivity contribution < 1.29 is 23.5 Å². The average molecular weight is 389 g/mol. The minimum absolute atomic E-state index is 0.428. The van der Waals surface area contributed by atoms with E-state index in [0.29, 0.717) is 44.3 Å². The third kappa shape index (κ3) is 5.30. The third-order valence-corrected chi connectivity index (χ3v) is 4.21. The summed E-state index contributed by atoms with van der Waals surface area (Å²) in [5, 5.41) is 6.74. The SMILES string of the molecule is CC(C)(C)OC(=O)NCCCc1nc(-c2ccc(C3(C)OCCO3)cc2)no1. The van der Waals surface area contributed by atoms with Gasteiger partial charge in [-0.25, -0.2) is 4.79 Å². The number of carbonyl (C=O) groups excluding carboxylic acids is 1. The molecular formula is C20H27N3O5. The molecule has 2 aromatic rings. The second-order valence-corrected chi connectivity index (χ2v) is 7.76. The molecule has 0 bridgehead atoms. The Morgan fingerprint density at radius 1 is 1.21 bits per heavy atom. The molecule has 1 N–H and O–H groups in total. The Hall–Kier alpha value is -2.45. The normalized spacial score (nSPS) is 16.1. The fourth-order valence-electron chi connectivity index (χ4n) is 2.82. The molecular weight excluding hydrogens is 362 g/mol. The lowest BCUT2D eigenvalue weighted by molar-refractivity contribution is -0.149. The summed E-state index contributed by atoms with van der Waals surface area (Å²) >= 11 is 0. The van der Waals surface area contributed by atoms with Gasteiger partial charge in [0, 0.05) is 24.1 Å². The van der Waals surface area contributed by atoms with Crippen molar-refractivity contribution in [2.24, 2.45) is 0 Å². The summed E-state index contributed by atoms with van der Waals surface area (Å²) in [6.45, 7) is 9.05. The molecule has 2 heterocycles. The summed E-state index contributed by atoms with van der Waals surface area (Å²) in [4.78, 5) is 16.0. The van der Waals surface area contributed by atoms with Crippen LogP contribution in [-0.2, 0) is 26.4 Å². The second-order valence-electron chi connectivity index (χ2n) is 7.76. The highest BCUT2D eigenvalue weighted by Gasteiger charge is 2.32. The number of hydrogen-bond donors (Lipinski definition) is 1. The molecule has 1 aliphatic heterocycles. The highest BCUT2D eigenvalue weighted by atomic mass is 16.7. The summed E-state index contributed by atoms with van der Waals surface area (Å²) in [7, 11) is 0. The molecule has 3 rings (SSSR count). The number of ether oxygens (including phenoxy) is 3. The number of alkyl carbamates (subject to hydrolysis) is 1. The lowest BCUT2D eigenvalue weighted by Gasteiger charge is -2.22. The number of benzene rings is 1. The molecule has 0 spiro atoms. The van der Waals surface area contributed by atoms with Gasteiger partial charge in [-0.15, -0.1) is 0 Å². The van der Waals surface area contributed by atoms with Crippen molar-refractivity contribution in [2.45, 2.75) is 51.9 Å². The number of hydrogen-bond acceptors (Lipinski definition) is 7. The van der Waals surface area contributed by atoms with Crippen LogP contribution in [0, 0.1) is 0 Å². The molecule has 1 aromatic heterocycles. The minimum atomic E-state index is -0.692. The Morgan fingerprint density at radius 3 is 2.54 bits per heavy atom. The largest absolute Gasteiger partial charge is 0.444 e. The molecule has 8 heteroatoms. The van der Waals surface area contributed by atoms with Gasteiger partial charge in [-0.2, -0.15) is 4.98 Å². The van der Waals surface area contributed by atoms with Crippen LogP contribution in [0.1, 0.15) is 45.6 Å². The van der Waals surface area contributed by atoms with Crippen LogP contribution in [-0.4, -0.2) is 41.6 Å². The van der Waals surface area contributed by atoms with Crippen molar-refractivity contribution in [1.82, 2.24) is 15.5 Å². The average Bonchev–Trinajstić information content (AvgIpc) is 3.27. The number of carbonyl (C=O) groups is 1. The van der Waals surface area contributed by atoms with Gasteiger partial charge in [-0.1, -0.05) is 29.4 Å². The lowest BCUT2D eigenvalue weighted by atomic mass is 10.1. The molecule has 1 aliphatic rings. The maximum atomic E-state index is 11.6. The van der Waals surface area contributed by atoms with Gasteiger partial charge in [0.2, 0.25) is 11.7 Å². The quantitative estimate of drug-likeness (QED) is 0.756. The number of amides is 1. The molecule has 0 atom stereocenters. The predicted molar refractivity (Wildman–Crippen MR) is 102 cm³/mol. The van der Waals surface area contributed by atoms with Crippen molar-refractivity contribution in [3.05, 3.63) is 35.7 Å². The predicted octanol–water partition coefficient (Wildman–Crippen LogP) is 3.41. The van der Waals surface area contributed by atoms with E-state index in [1.807, 2.05) is 52.0 Å². The van der Waals surface area contributed by atoms with Crippen molar-refractivity contribution in [3.8, 4) is 11.4 Å². The first-order valence-electron chi connectivity index (χ1n) is 9.43. The van der Waals surface area contributed by atoms with Crippen LogP contribution in [0.25, 0.3) is 11.4 Å². The van der Waals surface area contributed by atoms with E-state index in [1.165, 1.54) is 0 Å². The highest BCUT2D eigenvalue weighted by molar-refractivity contribution is 5.67. The van der Waals surface area contributed by atoms with Crippen LogP contribution in [0.4, 0.5) is 4.79 Å². The first-order chi connectivity index (χ1) is 13.3. The van der Waals surface area contributed by atoms with Gasteiger partial charge in [-0.3, -0.25) is 0 Å². The Bertz CT molecular complexity index is 789. The van der Waals surface area contributed by atoms with Crippen LogP contribution in [0.15, 0.2) is 28.8 Å². The molecule has 8 nitrogen and oxygen atoms in total. The fraction of sp³-hybridized carbons (Fsp3) is 0.550. The molecule has 0 radical (unpaired) electrons. The molecule has 28 heavy (non-hydrogen) atoms. The first-order valence-corrected chi connectivity index (χ1v) is 9.43. The zero-order chi connectivity index (χ0) is 20.2. The van der Waals surface area contributed by atoms with E-state index < -0.39 is 17.5 Å². The highest BCUT2D eigenvalue weighted by Crippen LogP contribution is 2.31. The van der Waals surface area contributed by atoms with Crippen molar-refractivity contribution in [1.29, 1.82) is 0 Å². The lowest BCUT2D eigenvalue weighted by Crippen LogP contribution is -2.33. The van der Waals surface area contributed by atoms with Gasteiger partial charge in [0.15, 0.2) is 5.79 Å². The van der Waals surface area contributed by atoms with E-state index in [2.05, 4.69) is 15.5 Å². The Balaban J connectivity index is 1.49. The van der Waals surface area contributed by atoms with Gasteiger partial charge >= 0.3 is 6.09 Å². The van der Waals surface area contributed by atoms with Gasteiger partial charge < -0.3 is 24.1 Å². The van der Waals surface area contributed by atoms with E-state index in [0.717, 1.165) is 11.1 Å². The van der Waals surface area contributed by atoms with Crippen LogP contribution >= 0.6 is 0 Å². The van der Waals surface area contributed by atoms with Gasteiger partial charge in [0.25, 0.3) is 0 Å². The van der Waals surface area contributed by atoms with E-state index in [1.54, 1.807) is 0 Å². The van der Waals surface area contributed by atoms with Crippen LogP contribution in [0.5, 0.6) is 0 Å². The van der Waals surface area contributed by atoms with Gasteiger partial charge in [0.1, 0.15) is 5.60 Å². The summed E-state index contributed by atoms with van der Waals surface area (Å²) in [5.41, 5.74) is 1.30. The summed E-state index contributed by atoms with van der Waals surface area (Å²) in [6, 6.07) is 7.73. The molecule has 1 saturated heterocycles. The Kier molecular flexibility index (Phi) is 6.00. The monoisotopic (exact) mass is 389 g/mol. The minimum Gasteiger partial charge on any atom is -0.444 e. The van der Waals surface area contributed by atoms with Crippen molar-refractivity contribution in [2.75, 3.05) is 19.8 Å². The van der Waals surface area contributed by atoms with E-state index in [-0.39, 0.29) is 0 Å². The Labute approximate surface area is 164 Å². The van der Waals surface area contributed by atoms with Crippen LogP contribution < -0.4 is 5.32 Å². The molecule has 1 fully saturated rings. The summed E-state index contributed by atoms with van der Waals surface area (Å²) < 4.78 is 21.8. The molecule has 152 valence electrons. The second kappa shape index (κ2) is 8.28. The first kappa shape index (κ1) is 20.3. The zero-order valence-electron chi connectivity index (χ0n) is 16.8. The number of rotatable bonds is 6. The Morgan fingerprint density at radius 2 is 1.89 bits per heavy atom. The van der Waals surface area contributed by atoms with Gasteiger partial charge in [-0.05, 0) is 34.1 Å². The number of aromatic nitrogens is 2. The molecule has 0 aliphatic carbocycles. The van der Waals surface area contributed by atoms with Crippen LogP contribution in [0.2, 0.25) is 0 Å². The third-order valence-electron chi connectivity index (χ3n) is 4.21. The van der Waals surface area contributed by atoms with Crippen molar-refractivity contribution >= 4 is 6.09 Å². The number of nitrogens with one attached hydrogen (secondary N) is 1. The van der Waals surface area contributed by atoms with E-state index in [4.69, 9.17) is 18.7 Å². The topological polar surface area (TPSA) is 95.7 Å². The summed E-state index contributed by atoms with van der Waals surface area (Å²) in [5.74, 6) is 0.363. The molecule has 0 unspecified atom stereocenters. The number of aryl methyl sites for hydroxylation is 1. The van der Waals surface area contributed by atoms with Crippen LogP contribution in [0.3, 0.4) is 0 Å². The molecule has 0 saturated carbocycles. The van der Waals surface area contributed by atoms with Crippen molar-refractivity contribution in [3.63, 3.8) is 0 Å². The van der Waals surface area contributed by atoms with Gasteiger partial charge in [0.05, 0.1) is 13.2 Å². The number of nitrogens with zero attached hydrogens (tertiary/aromatic N) is 2. The maximum absolute atomic E-state index is 11.6. The standard InChI is InChI=1S/C20H27N3O5/c1-19(2,3)27-18(24)21-11-5-6-16-22-17(23-28-16)14-7-9-15(10-8-14)20(4)25-12-13-26-20/h7-10H,5-6,11-13H2,1-4H3,(H,21,24).